The molecule has 0 unspecified atom stereocenters. The molecule has 0 N–H and O–H groups in total. The van der Waals surface area contributed by atoms with Crippen molar-refractivity contribution in [2.45, 2.75) is 0 Å². The van der Waals surface area contributed by atoms with Crippen molar-refractivity contribution in [3.8, 4) is 56.4 Å². The minimum absolute atomic E-state index is 0.564. The molecule has 0 saturated heterocycles. The third kappa shape index (κ3) is 4.90. The Morgan fingerprint density at radius 3 is 1.61 bits per heavy atom. The van der Waals surface area contributed by atoms with Crippen LogP contribution < -0.4 is 0 Å². The van der Waals surface area contributed by atoms with Gasteiger partial charge in [0.25, 0.3) is 0 Å². The topological polar surface area (TPSA) is 65.0 Å². The van der Waals surface area contributed by atoms with E-state index in [1.807, 2.05) is 42.5 Å². The molecule has 0 aliphatic rings. The van der Waals surface area contributed by atoms with Crippen molar-refractivity contribution in [1.29, 1.82) is 0 Å². The summed E-state index contributed by atoms with van der Waals surface area (Å²) in [5, 5.41) is 6.18. The molecule has 0 bridgehead atoms. The third-order valence-corrected chi connectivity index (χ3v) is 10.4. The Morgan fingerprint density at radius 2 is 0.815 bits per heavy atom. The second-order valence-corrected chi connectivity index (χ2v) is 13.6. The van der Waals surface area contributed by atoms with E-state index >= 15 is 0 Å². The third-order valence-electron chi connectivity index (χ3n) is 10.4. The molecule has 11 rings (SSSR count). The van der Waals surface area contributed by atoms with Gasteiger partial charge in [0.1, 0.15) is 22.3 Å². The summed E-state index contributed by atoms with van der Waals surface area (Å²) in [4.78, 5) is 15.7. The summed E-state index contributed by atoms with van der Waals surface area (Å²) in [7, 11) is 0. The monoisotopic (exact) mass is 691 g/mol. The zero-order valence-electron chi connectivity index (χ0n) is 28.9. The van der Waals surface area contributed by atoms with E-state index in [0.29, 0.717) is 17.5 Å². The Balaban J connectivity index is 1.17. The van der Waals surface area contributed by atoms with Crippen LogP contribution in [0.25, 0.3) is 111 Å². The lowest BCUT2D eigenvalue weighted by Crippen LogP contribution is -2.01. The molecular formula is C49H29N3O2. The van der Waals surface area contributed by atoms with E-state index in [0.717, 1.165) is 93.6 Å². The first-order valence-electron chi connectivity index (χ1n) is 18.0. The van der Waals surface area contributed by atoms with Gasteiger partial charge in [-0.05, 0) is 64.0 Å². The van der Waals surface area contributed by atoms with Crippen molar-refractivity contribution in [3.63, 3.8) is 0 Å². The maximum Gasteiger partial charge on any atom is 0.164 e. The summed E-state index contributed by atoms with van der Waals surface area (Å²) < 4.78 is 13.0. The predicted octanol–water partition coefficient (Wildman–Crippen LogP) is 13.2. The lowest BCUT2D eigenvalue weighted by Gasteiger charge is -2.13. The fourth-order valence-electron chi connectivity index (χ4n) is 7.75. The molecule has 0 fully saturated rings. The van der Waals surface area contributed by atoms with Crippen molar-refractivity contribution in [2.75, 3.05) is 0 Å². The fraction of sp³-hybridized carbons (Fsp3) is 0. The van der Waals surface area contributed by atoms with Crippen LogP contribution in [0.1, 0.15) is 0 Å². The van der Waals surface area contributed by atoms with Gasteiger partial charge in [0.2, 0.25) is 0 Å². The van der Waals surface area contributed by atoms with Crippen LogP contribution >= 0.6 is 0 Å². The number of hydrogen-bond donors (Lipinski definition) is 0. The van der Waals surface area contributed by atoms with Gasteiger partial charge >= 0.3 is 0 Å². The maximum atomic E-state index is 6.67. The van der Waals surface area contributed by atoms with Crippen LogP contribution in [0, 0.1) is 0 Å². The van der Waals surface area contributed by atoms with Crippen molar-refractivity contribution < 1.29 is 8.83 Å². The van der Waals surface area contributed by atoms with Crippen molar-refractivity contribution >= 4 is 54.6 Å². The molecule has 8 aromatic carbocycles. The van der Waals surface area contributed by atoms with Crippen LogP contribution in [0.3, 0.4) is 0 Å². The molecule has 0 radical (unpaired) electrons. The normalized spacial score (nSPS) is 11.7. The Hall–Kier alpha value is -7.37. The molecule has 0 aliphatic heterocycles. The molecule has 3 aromatic heterocycles. The zero-order chi connectivity index (χ0) is 35.6. The lowest BCUT2D eigenvalue weighted by atomic mass is 9.98. The van der Waals surface area contributed by atoms with E-state index in [1.54, 1.807) is 0 Å². The van der Waals surface area contributed by atoms with Gasteiger partial charge in [-0.3, -0.25) is 0 Å². The van der Waals surface area contributed by atoms with E-state index < -0.39 is 0 Å². The molecule has 5 nitrogen and oxygen atoms in total. The second-order valence-electron chi connectivity index (χ2n) is 13.6. The standard InChI is InChI=1S/C49H29N3O2/c1-3-13-30(14-4-1)32-23-25-38-41-29-42(35-18-8-9-20-39(35)46(41)54-45(38)27-32)49-51-47(33-24-26-37-36-19-11-12-22-43(36)53-44(37)28-33)50-48(52-49)40-21-10-7-17-34(40)31-15-5-2-6-16-31/h1-29H. The van der Waals surface area contributed by atoms with E-state index in [9.17, 15) is 0 Å². The van der Waals surface area contributed by atoms with E-state index in [-0.39, 0.29) is 0 Å². The highest BCUT2D eigenvalue weighted by Gasteiger charge is 2.21. The molecule has 0 aliphatic carbocycles. The number of aromatic nitrogens is 3. The average Bonchev–Trinajstić information content (AvgIpc) is 3.81. The minimum Gasteiger partial charge on any atom is -0.456 e. The van der Waals surface area contributed by atoms with Gasteiger partial charge in [-0.2, -0.15) is 0 Å². The Labute approximate surface area is 309 Å². The van der Waals surface area contributed by atoms with Crippen molar-refractivity contribution in [1.82, 2.24) is 15.0 Å². The SMILES string of the molecule is c1ccc(-c2ccc3c(c2)oc2c4ccccc4c(-c4nc(-c5ccc6c(c5)oc5ccccc56)nc(-c5ccccc5-c5ccccc5)n4)cc32)cc1. The Morgan fingerprint density at radius 1 is 0.278 bits per heavy atom. The quantitative estimate of drug-likeness (QED) is 0.180. The smallest absolute Gasteiger partial charge is 0.164 e. The van der Waals surface area contributed by atoms with Crippen molar-refractivity contribution in [3.05, 3.63) is 176 Å². The lowest BCUT2D eigenvalue weighted by molar-refractivity contribution is 0.669. The molecule has 0 saturated carbocycles. The number of hydrogen-bond acceptors (Lipinski definition) is 5. The summed E-state index contributed by atoms with van der Waals surface area (Å²) in [5.74, 6) is 1.73. The molecule has 54 heavy (non-hydrogen) atoms. The number of benzene rings is 8. The molecule has 3 heterocycles. The van der Waals surface area contributed by atoms with Gasteiger partial charge in [0.15, 0.2) is 17.5 Å². The van der Waals surface area contributed by atoms with Crippen LogP contribution in [0.2, 0.25) is 0 Å². The summed E-state index contributed by atoms with van der Waals surface area (Å²) in [6.07, 6.45) is 0. The minimum atomic E-state index is 0.564. The Kier molecular flexibility index (Phi) is 6.79. The summed E-state index contributed by atoms with van der Waals surface area (Å²) in [6, 6.07) is 60.4. The maximum absolute atomic E-state index is 6.67. The first kappa shape index (κ1) is 30.3. The Bertz CT molecular complexity index is 3220. The number of rotatable bonds is 5. The highest BCUT2D eigenvalue weighted by molar-refractivity contribution is 6.19. The number of para-hydroxylation sites is 1. The highest BCUT2D eigenvalue weighted by atomic mass is 16.3. The molecule has 252 valence electrons. The molecule has 5 heteroatoms. The summed E-state index contributed by atoms with van der Waals surface area (Å²) in [5.41, 5.74) is 10.4. The van der Waals surface area contributed by atoms with Gasteiger partial charge in [0.05, 0.1) is 0 Å². The predicted molar refractivity (Wildman–Crippen MR) is 219 cm³/mol. The highest BCUT2D eigenvalue weighted by Crippen LogP contribution is 2.41. The summed E-state index contributed by atoms with van der Waals surface area (Å²) in [6.45, 7) is 0. The molecule has 11 aromatic rings. The summed E-state index contributed by atoms with van der Waals surface area (Å²) >= 11 is 0. The van der Waals surface area contributed by atoms with Gasteiger partial charge in [0, 0.05) is 43.6 Å². The molecule has 0 spiro atoms. The van der Waals surface area contributed by atoms with Crippen LogP contribution in [-0.4, -0.2) is 15.0 Å². The van der Waals surface area contributed by atoms with Crippen LogP contribution in [-0.2, 0) is 0 Å². The largest absolute Gasteiger partial charge is 0.456 e. The molecular weight excluding hydrogens is 663 g/mol. The molecule has 0 atom stereocenters. The number of furan rings is 2. The van der Waals surface area contributed by atoms with Crippen LogP contribution in [0.15, 0.2) is 185 Å². The second kappa shape index (κ2) is 12.1. The molecule has 0 amide bonds. The van der Waals surface area contributed by atoms with Gasteiger partial charge in [-0.1, -0.05) is 140 Å². The van der Waals surface area contributed by atoms with E-state index in [4.69, 9.17) is 23.8 Å². The first-order chi connectivity index (χ1) is 26.7. The van der Waals surface area contributed by atoms with Gasteiger partial charge in [-0.15, -0.1) is 0 Å². The fourth-order valence-corrected chi connectivity index (χ4v) is 7.75. The van der Waals surface area contributed by atoms with Gasteiger partial charge < -0.3 is 8.83 Å². The first-order valence-corrected chi connectivity index (χ1v) is 18.0. The average molecular weight is 692 g/mol. The van der Waals surface area contributed by atoms with Crippen LogP contribution in [0.4, 0.5) is 0 Å². The number of nitrogens with zero attached hydrogens (tertiary/aromatic N) is 3. The van der Waals surface area contributed by atoms with E-state index in [2.05, 4.69) is 133 Å². The van der Waals surface area contributed by atoms with Crippen molar-refractivity contribution in [2.24, 2.45) is 0 Å². The van der Waals surface area contributed by atoms with Gasteiger partial charge in [-0.25, -0.2) is 15.0 Å². The van der Waals surface area contributed by atoms with E-state index in [1.165, 1.54) is 0 Å². The van der Waals surface area contributed by atoms with Crippen LogP contribution in [0.5, 0.6) is 0 Å². The zero-order valence-corrected chi connectivity index (χ0v) is 28.9. The number of fused-ring (bicyclic) bond motifs is 8.